The second kappa shape index (κ2) is 6.30. The van der Waals surface area contributed by atoms with E-state index >= 15 is 0 Å². The third-order valence-electron chi connectivity index (χ3n) is 5.26. The maximum atomic E-state index is 12.6. The number of nitrogens with zero attached hydrogens (tertiary/aromatic N) is 2. The highest BCUT2D eigenvalue weighted by Gasteiger charge is 2.66. The second-order valence-corrected chi connectivity index (χ2v) is 7.20. The fourth-order valence-electron chi connectivity index (χ4n) is 3.60. The number of rotatable bonds is 4. The van der Waals surface area contributed by atoms with Crippen molar-refractivity contribution < 1.29 is 14.7 Å². The number of piperazine rings is 1. The van der Waals surface area contributed by atoms with E-state index in [9.17, 15) is 14.7 Å². The zero-order chi connectivity index (χ0) is 17.3. The molecule has 1 saturated carbocycles. The maximum Gasteiger partial charge on any atom is 0.307 e. The van der Waals surface area contributed by atoms with E-state index in [0.717, 1.165) is 18.7 Å². The molecule has 0 unspecified atom stereocenters. The Balaban J connectivity index is 1.53. The summed E-state index contributed by atoms with van der Waals surface area (Å²) >= 11 is 0. The van der Waals surface area contributed by atoms with E-state index in [-0.39, 0.29) is 11.8 Å². The number of carbonyl (C=O) groups is 2. The van der Waals surface area contributed by atoms with Gasteiger partial charge in [-0.15, -0.1) is 0 Å². The minimum Gasteiger partial charge on any atom is -0.481 e. The van der Waals surface area contributed by atoms with Crippen LogP contribution in [0.4, 0.5) is 0 Å². The molecule has 3 rings (SSSR count). The van der Waals surface area contributed by atoms with Gasteiger partial charge in [0, 0.05) is 26.2 Å². The number of hydrogen-bond donors (Lipinski definition) is 1. The van der Waals surface area contributed by atoms with Crippen LogP contribution in [0.5, 0.6) is 0 Å². The predicted octanol–water partition coefficient (Wildman–Crippen LogP) is 2.16. The fourth-order valence-corrected chi connectivity index (χ4v) is 3.60. The Hall–Kier alpha value is -2.30. The van der Waals surface area contributed by atoms with E-state index in [1.807, 2.05) is 36.9 Å². The van der Waals surface area contributed by atoms with Gasteiger partial charge in [0.1, 0.15) is 0 Å². The minimum absolute atomic E-state index is 0.000844. The number of carbonyl (C=O) groups excluding carboxylic acids is 1. The summed E-state index contributed by atoms with van der Waals surface area (Å²) in [7, 11) is 0. The third kappa shape index (κ3) is 3.16. The molecule has 2 aliphatic rings. The van der Waals surface area contributed by atoms with Gasteiger partial charge in [-0.3, -0.25) is 9.59 Å². The Morgan fingerprint density at radius 1 is 1.08 bits per heavy atom. The minimum atomic E-state index is -0.859. The first-order valence-corrected chi connectivity index (χ1v) is 8.40. The average Bonchev–Trinajstić information content (AvgIpc) is 3.16. The van der Waals surface area contributed by atoms with Crippen LogP contribution in [0.1, 0.15) is 19.4 Å². The predicted molar refractivity (Wildman–Crippen MR) is 92.0 cm³/mol. The molecular formula is C19H24N2O3. The first-order chi connectivity index (χ1) is 11.4. The Bertz CT molecular complexity index is 646. The molecule has 0 radical (unpaired) electrons. The summed E-state index contributed by atoms with van der Waals surface area (Å²) < 4.78 is 0. The maximum absolute atomic E-state index is 12.6. The van der Waals surface area contributed by atoms with E-state index in [4.69, 9.17) is 0 Å². The molecular weight excluding hydrogens is 304 g/mol. The smallest absolute Gasteiger partial charge is 0.307 e. The number of amides is 1. The van der Waals surface area contributed by atoms with Crippen molar-refractivity contribution in [2.45, 2.75) is 13.8 Å². The molecule has 1 aromatic rings. The van der Waals surface area contributed by atoms with Gasteiger partial charge in [0.15, 0.2) is 0 Å². The number of carboxylic acid groups (broad SMARTS) is 1. The van der Waals surface area contributed by atoms with Gasteiger partial charge in [0.05, 0.1) is 11.8 Å². The summed E-state index contributed by atoms with van der Waals surface area (Å²) in [6.07, 6.45) is 4.14. The lowest BCUT2D eigenvalue weighted by molar-refractivity contribution is -0.142. The molecule has 1 aliphatic heterocycles. The standard InChI is InChI=1S/C19H24N2O3/c1-19(2)15(16(19)18(23)24)17(22)21-12-10-20(11-13-21)9-8-14-6-4-3-5-7-14/h3-9,15-16H,10-13H2,1-2H3,(H,23,24)/b9-8+/t15-,16-/m0/s1. The monoisotopic (exact) mass is 328 g/mol. The lowest BCUT2D eigenvalue weighted by atomic mass is 10.1. The van der Waals surface area contributed by atoms with Crippen molar-refractivity contribution in [3.05, 3.63) is 42.1 Å². The van der Waals surface area contributed by atoms with Gasteiger partial charge < -0.3 is 14.9 Å². The van der Waals surface area contributed by atoms with Crippen molar-refractivity contribution >= 4 is 18.0 Å². The summed E-state index contributed by atoms with van der Waals surface area (Å²) in [5, 5.41) is 9.24. The van der Waals surface area contributed by atoms with Crippen molar-refractivity contribution in [1.29, 1.82) is 0 Å². The highest BCUT2D eigenvalue weighted by atomic mass is 16.4. The Morgan fingerprint density at radius 3 is 2.25 bits per heavy atom. The van der Waals surface area contributed by atoms with Gasteiger partial charge in [0.25, 0.3) is 0 Å². The Kier molecular flexibility index (Phi) is 4.35. The first-order valence-electron chi connectivity index (χ1n) is 8.40. The van der Waals surface area contributed by atoms with Crippen LogP contribution in [0.2, 0.25) is 0 Å². The summed E-state index contributed by atoms with van der Waals surface area (Å²) in [5.74, 6) is -1.77. The quantitative estimate of drug-likeness (QED) is 0.920. The van der Waals surface area contributed by atoms with Crippen LogP contribution < -0.4 is 0 Å². The van der Waals surface area contributed by atoms with Gasteiger partial charge in [0.2, 0.25) is 5.91 Å². The molecule has 1 saturated heterocycles. The topological polar surface area (TPSA) is 60.9 Å². The van der Waals surface area contributed by atoms with Gasteiger partial charge >= 0.3 is 5.97 Å². The molecule has 1 amide bonds. The van der Waals surface area contributed by atoms with Crippen molar-refractivity contribution in [3.63, 3.8) is 0 Å². The van der Waals surface area contributed by atoms with Gasteiger partial charge in [-0.1, -0.05) is 44.2 Å². The van der Waals surface area contributed by atoms with Gasteiger partial charge in [-0.2, -0.15) is 0 Å². The molecule has 0 spiro atoms. The van der Waals surface area contributed by atoms with Crippen LogP contribution in [-0.4, -0.2) is 53.0 Å². The molecule has 1 aromatic carbocycles. The molecule has 1 aliphatic carbocycles. The highest BCUT2D eigenvalue weighted by Crippen LogP contribution is 2.59. The van der Waals surface area contributed by atoms with Crippen molar-refractivity contribution in [3.8, 4) is 0 Å². The molecule has 1 heterocycles. The van der Waals surface area contributed by atoms with Crippen LogP contribution in [0.3, 0.4) is 0 Å². The molecule has 5 nitrogen and oxygen atoms in total. The van der Waals surface area contributed by atoms with Crippen LogP contribution in [-0.2, 0) is 9.59 Å². The molecule has 5 heteroatoms. The summed E-state index contributed by atoms with van der Waals surface area (Å²) in [6, 6.07) is 10.1. The van der Waals surface area contributed by atoms with E-state index in [1.165, 1.54) is 0 Å². The molecule has 24 heavy (non-hydrogen) atoms. The van der Waals surface area contributed by atoms with Crippen LogP contribution in [0.15, 0.2) is 36.5 Å². The van der Waals surface area contributed by atoms with Crippen molar-refractivity contribution in [2.75, 3.05) is 26.2 Å². The largest absolute Gasteiger partial charge is 0.481 e. The summed E-state index contributed by atoms with van der Waals surface area (Å²) in [4.78, 5) is 27.9. The Morgan fingerprint density at radius 2 is 1.71 bits per heavy atom. The third-order valence-corrected chi connectivity index (χ3v) is 5.26. The first kappa shape index (κ1) is 16.6. The molecule has 1 N–H and O–H groups in total. The van der Waals surface area contributed by atoms with E-state index < -0.39 is 17.3 Å². The SMILES string of the molecule is CC1(C)[C@H](C(=O)O)[C@H]1C(=O)N1CCN(/C=C/c2ccccc2)CC1. The fraction of sp³-hybridized carbons (Fsp3) is 0.474. The lowest BCUT2D eigenvalue weighted by Crippen LogP contribution is -2.47. The molecule has 0 aromatic heterocycles. The summed E-state index contributed by atoms with van der Waals surface area (Å²) in [6.45, 7) is 6.59. The number of hydrogen-bond acceptors (Lipinski definition) is 3. The Labute approximate surface area is 142 Å². The lowest BCUT2D eigenvalue weighted by Gasteiger charge is -2.34. The molecule has 2 fully saturated rings. The number of carboxylic acids is 1. The highest BCUT2D eigenvalue weighted by molar-refractivity contribution is 5.91. The van der Waals surface area contributed by atoms with Crippen LogP contribution in [0.25, 0.3) is 6.08 Å². The van der Waals surface area contributed by atoms with Crippen LogP contribution >= 0.6 is 0 Å². The number of aliphatic carboxylic acids is 1. The van der Waals surface area contributed by atoms with Crippen molar-refractivity contribution in [1.82, 2.24) is 9.80 Å². The molecule has 2 atom stereocenters. The normalized spacial score (nSPS) is 25.8. The van der Waals surface area contributed by atoms with E-state index in [1.54, 1.807) is 0 Å². The van der Waals surface area contributed by atoms with E-state index in [2.05, 4.69) is 29.3 Å². The zero-order valence-electron chi connectivity index (χ0n) is 14.2. The van der Waals surface area contributed by atoms with Gasteiger partial charge in [-0.05, 0) is 23.3 Å². The van der Waals surface area contributed by atoms with Gasteiger partial charge in [-0.25, -0.2) is 0 Å². The molecule has 0 bridgehead atoms. The average molecular weight is 328 g/mol. The van der Waals surface area contributed by atoms with Crippen molar-refractivity contribution in [2.24, 2.45) is 17.3 Å². The summed E-state index contributed by atoms with van der Waals surface area (Å²) in [5.41, 5.74) is 0.729. The van der Waals surface area contributed by atoms with Crippen LogP contribution in [0, 0.1) is 17.3 Å². The zero-order valence-corrected chi connectivity index (χ0v) is 14.2. The van der Waals surface area contributed by atoms with E-state index in [0.29, 0.717) is 13.1 Å². The second-order valence-electron chi connectivity index (χ2n) is 7.20. The number of benzene rings is 1. The molecule has 128 valence electrons.